The van der Waals surface area contributed by atoms with Gasteiger partial charge in [0, 0.05) is 5.69 Å². The van der Waals surface area contributed by atoms with Crippen LogP contribution in [0.4, 0.5) is 11.4 Å². The van der Waals surface area contributed by atoms with Crippen LogP contribution in [0.5, 0.6) is 0 Å². The fourth-order valence-corrected chi connectivity index (χ4v) is 2.97. The van der Waals surface area contributed by atoms with E-state index in [9.17, 15) is 13.2 Å². The molecule has 0 spiro atoms. The number of hydrogen-bond acceptors (Lipinski definition) is 3. The molecule has 0 saturated heterocycles. The van der Waals surface area contributed by atoms with Crippen molar-refractivity contribution in [2.45, 2.75) is 18.7 Å². The lowest BCUT2D eigenvalue weighted by molar-refractivity contribution is -0.105. The molecule has 0 atom stereocenters. The summed E-state index contributed by atoms with van der Waals surface area (Å²) in [6, 6.07) is 11.5. The summed E-state index contributed by atoms with van der Waals surface area (Å²) < 4.78 is 27.2. The average Bonchev–Trinajstić information content (AvgIpc) is 2.44. The molecule has 1 amide bonds. The van der Waals surface area contributed by atoms with Crippen LogP contribution >= 0.6 is 0 Å². The summed E-state index contributed by atoms with van der Waals surface area (Å²) in [5.74, 6) is 0. The third-order valence-electron chi connectivity index (χ3n) is 3.03. The number of aryl methyl sites for hydroxylation is 2. The van der Waals surface area contributed by atoms with Crippen LogP contribution in [-0.4, -0.2) is 14.8 Å². The van der Waals surface area contributed by atoms with Crippen molar-refractivity contribution in [1.82, 2.24) is 0 Å². The Bertz CT molecular complexity index is 753. The average molecular weight is 304 g/mol. The number of amides is 1. The van der Waals surface area contributed by atoms with Gasteiger partial charge in [0.2, 0.25) is 6.41 Å². The number of benzene rings is 2. The second-order valence-electron chi connectivity index (χ2n) is 4.71. The maximum Gasteiger partial charge on any atom is 0.261 e. The largest absolute Gasteiger partial charge is 0.329 e. The zero-order chi connectivity index (χ0) is 15.5. The van der Waals surface area contributed by atoms with Gasteiger partial charge in [-0.3, -0.25) is 9.52 Å². The maximum atomic E-state index is 12.3. The second kappa shape index (κ2) is 5.97. The smallest absolute Gasteiger partial charge is 0.261 e. The summed E-state index contributed by atoms with van der Waals surface area (Å²) >= 11 is 0. The number of nitrogens with one attached hydrogen (secondary N) is 2. The van der Waals surface area contributed by atoms with Crippen molar-refractivity contribution in [3.8, 4) is 0 Å². The molecule has 0 radical (unpaired) electrons. The van der Waals surface area contributed by atoms with E-state index >= 15 is 0 Å². The molecule has 0 aliphatic carbocycles. The monoisotopic (exact) mass is 304 g/mol. The Morgan fingerprint density at radius 1 is 1.00 bits per heavy atom. The molecule has 2 rings (SSSR count). The number of anilines is 2. The zero-order valence-electron chi connectivity index (χ0n) is 11.8. The third kappa shape index (κ3) is 3.61. The quantitative estimate of drug-likeness (QED) is 0.834. The Morgan fingerprint density at radius 3 is 2.29 bits per heavy atom. The summed E-state index contributed by atoms with van der Waals surface area (Å²) in [5, 5.41) is 2.46. The summed E-state index contributed by atoms with van der Waals surface area (Å²) in [7, 11) is -3.65. The Balaban J connectivity index is 2.29. The highest BCUT2D eigenvalue weighted by molar-refractivity contribution is 7.92. The van der Waals surface area contributed by atoms with E-state index in [1.54, 1.807) is 6.07 Å². The Labute approximate surface area is 124 Å². The van der Waals surface area contributed by atoms with Gasteiger partial charge in [-0.1, -0.05) is 12.1 Å². The van der Waals surface area contributed by atoms with Crippen molar-refractivity contribution in [3.63, 3.8) is 0 Å². The van der Waals surface area contributed by atoms with Gasteiger partial charge in [-0.2, -0.15) is 0 Å². The number of hydrogen-bond donors (Lipinski definition) is 2. The van der Waals surface area contributed by atoms with Crippen LogP contribution in [-0.2, 0) is 14.8 Å². The Morgan fingerprint density at radius 2 is 1.67 bits per heavy atom. The molecule has 0 unspecified atom stereocenters. The maximum absolute atomic E-state index is 12.3. The number of sulfonamides is 1. The van der Waals surface area contributed by atoms with Gasteiger partial charge in [-0.15, -0.1) is 0 Å². The van der Waals surface area contributed by atoms with Crippen LogP contribution in [0, 0.1) is 13.8 Å². The van der Waals surface area contributed by atoms with Crippen LogP contribution in [0.2, 0.25) is 0 Å². The number of carbonyl (C=O) groups is 1. The van der Waals surface area contributed by atoms with E-state index < -0.39 is 10.0 Å². The first kappa shape index (κ1) is 15.1. The van der Waals surface area contributed by atoms with E-state index in [1.807, 2.05) is 26.0 Å². The molecule has 0 bridgehead atoms. The van der Waals surface area contributed by atoms with Gasteiger partial charge in [0.1, 0.15) is 0 Å². The van der Waals surface area contributed by atoms with Crippen molar-refractivity contribution >= 4 is 27.8 Å². The minimum atomic E-state index is -3.65. The molecule has 5 nitrogen and oxygen atoms in total. The summed E-state index contributed by atoms with van der Waals surface area (Å²) in [5.41, 5.74) is 2.92. The molecule has 0 aromatic heterocycles. The van der Waals surface area contributed by atoms with Gasteiger partial charge in [-0.05, 0) is 55.3 Å². The summed E-state index contributed by atoms with van der Waals surface area (Å²) in [6.45, 7) is 3.74. The second-order valence-corrected chi connectivity index (χ2v) is 6.39. The molecule has 0 aliphatic heterocycles. The minimum Gasteiger partial charge on any atom is -0.329 e. The molecule has 110 valence electrons. The van der Waals surface area contributed by atoms with Gasteiger partial charge < -0.3 is 5.32 Å². The van der Waals surface area contributed by atoms with Crippen LogP contribution in [0.3, 0.4) is 0 Å². The van der Waals surface area contributed by atoms with Gasteiger partial charge in [0.15, 0.2) is 0 Å². The molecular formula is C15H16N2O3S. The lowest BCUT2D eigenvalue weighted by Crippen LogP contribution is -2.14. The fourth-order valence-electron chi connectivity index (χ4n) is 1.85. The molecule has 21 heavy (non-hydrogen) atoms. The topological polar surface area (TPSA) is 75.3 Å². The fraction of sp³-hybridized carbons (Fsp3) is 0.133. The van der Waals surface area contributed by atoms with E-state index in [0.717, 1.165) is 11.1 Å². The van der Waals surface area contributed by atoms with E-state index in [2.05, 4.69) is 10.0 Å². The van der Waals surface area contributed by atoms with Crippen LogP contribution in [0.25, 0.3) is 0 Å². The van der Waals surface area contributed by atoms with Crippen LogP contribution < -0.4 is 10.0 Å². The van der Waals surface area contributed by atoms with Crippen molar-refractivity contribution < 1.29 is 13.2 Å². The summed E-state index contributed by atoms with van der Waals surface area (Å²) in [4.78, 5) is 10.5. The molecule has 0 saturated carbocycles. The van der Waals surface area contributed by atoms with E-state index in [-0.39, 0.29) is 4.90 Å². The molecule has 0 fully saturated rings. The van der Waals surface area contributed by atoms with Gasteiger partial charge in [0.05, 0.1) is 10.6 Å². The van der Waals surface area contributed by atoms with Gasteiger partial charge in [0.25, 0.3) is 10.0 Å². The lowest BCUT2D eigenvalue weighted by atomic mass is 10.1. The highest BCUT2D eigenvalue weighted by atomic mass is 32.2. The van der Waals surface area contributed by atoms with E-state index in [0.29, 0.717) is 17.8 Å². The predicted octanol–water partition coefficient (Wildman–Crippen LogP) is 2.67. The van der Waals surface area contributed by atoms with Crippen molar-refractivity contribution in [3.05, 3.63) is 53.6 Å². The predicted molar refractivity (Wildman–Crippen MR) is 82.9 cm³/mol. The van der Waals surface area contributed by atoms with E-state index in [1.165, 1.54) is 24.3 Å². The molecule has 2 N–H and O–H groups in total. The first-order chi connectivity index (χ1) is 9.92. The normalized spacial score (nSPS) is 11.0. The van der Waals surface area contributed by atoms with Crippen molar-refractivity contribution in [2.24, 2.45) is 0 Å². The SMILES string of the molecule is Cc1ccc(C)c(NS(=O)(=O)c2ccc(NC=O)cc2)c1. The minimum absolute atomic E-state index is 0.139. The molecule has 6 heteroatoms. The first-order valence-electron chi connectivity index (χ1n) is 6.33. The lowest BCUT2D eigenvalue weighted by Gasteiger charge is -2.11. The van der Waals surface area contributed by atoms with Crippen molar-refractivity contribution in [2.75, 3.05) is 10.0 Å². The van der Waals surface area contributed by atoms with Crippen LogP contribution in [0.1, 0.15) is 11.1 Å². The Hall–Kier alpha value is -2.34. The van der Waals surface area contributed by atoms with Gasteiger partial charge >= 0.3 is 0 Å². The Kier molecular flexibility index (Phi) is 4.28. The highest BCUT2D eigenvalue weighted by Gasteiger charge is 2.15. The van der Waals surface area contributed by atoms with Crippen molar-refractivity contribution in [1.29, 1.82) is 0 Å². The number of rotatable bonds is 5. The van der Waals surface area contributed by atoms with Crippen LogP contribution in [0.15, 0.2) is 47.4 Å². The third-order valence-corrected chi connectivity index (χ3v) is 4.41. The van der Waals surface area contributed by atoms with E-state index in [4.69, 9.17) is 0 Å². The standard InChI is InChI=1S/C15H16N2O3S/c1-11-3-4-12(2)15(9-11)17-21(19,20)14-7-5-13(6-8-14)16-10-18/h3-10,17H,1-2H3,(H,16,18). The molecule has 0 heterocycles. The first-order valence-corrected chi connectivity index (χ1v) is 7.81. The zero-order valence-corrected chi connectivity index (χ0v) is 12.6. The summed E-state index contributed by atoms with van der Waals surface area (Å²) in [6.07, 6.45) is 0.540. The molecule has 2 aromatic rings. The molecule has 0 aliphatic rings. The highest BCUT2D eigenvalue weighted by Crippen LogP contribution is 2.21. The molecule has 2 aromatic carbocycles. The molecular weight excluding hydrogens is 288 g/mol. The van der Waals surface area contributed by atoms with Gasteiger partial charge in [-0.25, -0.2) is 8.42 Å². The number of carbonyl (C=O) groups excluding carboxylic acids is 1.